The molecule has 0 unspecified atom stereocenters. The third kappa shape index (κ3) is 3.10. The third-order valence-corrected chi connectivity index (χ3v) is 3.45. The molecule has 1 saturated heterocycles. The second-order valence-electron chi connectivity index (χ2n) is 5.73. The van der Waals surface area contributed by atoms with Crippen molar-refractivity contribution in [2.75, 3.05) is 31.6 Å². The van der Waals surface area contributed by atoms with Gasteiger partial charge >= 0.3 is 0 Å². The predicted octanol–water partition coefficient (Wildman–Crippen LogP) is 2.07. The Labute approximate surface area is 120 Å². The highest BCUT2D eigenvalue weighted by atomic mass is 16.5. The lowest BCUT2D eigenvalue weighted by atomic mass is 10.0. The van der Waals surface area contributed by atoms with E-state index in [2.05, 4.69) is 10.3 Å². The van der Waals surface area contributed by atoms with Crippen LogP contribution in [-0.4, -0.2) is 47.6 Å². The van der Waals surface area contributed by atoms with Gasteiger partial charge in [-0.05, 0) is 39.8 Å². The van der Waals surface area contributed by atoms with Gasteiger partial charge in [-0.2, -0.15) is 0 Å². The summed E-state index contributed by atoms with van der Waals surface area (Å²) in [5.41, 5.74) is 1.26. The maximum atomic E-state index is 12.7. The van der Waals surface area contributed by atoms with Gasteiger partial charge < -0.3 is 15.0 Å². The van der Waals surface area contributed by atoms with Crippen LogP contribution in [0.5, 0.6) is 0 Å². The van der Waals surface area contributed by atoms with Crippen molar-refractivity contribution in [3.8, 4) is 0 Å². The van der Waals surface area contributed by atoms with Crippen LogP contribution in [0.2, 0.25) is 0 Å². The second kappa shape index (κ2) is 5.79. The van der Waals surface area contributed by atoms with Crippen LogP contribution in [0.25, 0.3) is 0 Å². The lowest BCUT2D eigenvalue weighted by Gasteiger charge is -2.42. The molecule has 1 aromatic rings. The Morgan fingerprint density at radius 3 is 2.90 bits per heavy atom. The molecule has 0 atom stereocenters. The predicted molar refractivity (Wildman–Crippen MR) is 79.1 cm³/mol. The van der Waals surface area contributed by atoms with Gasteiger partial charge in [0.05, 0.1) is 18.8 Å². The molecule has 0 bridgehead atoms. The molecule has 1 aliphatic rings. The number of nitrogens with zero attached hydrogens (tertiary/aromatic N) is 2. The number of ether oxygens (including phenoxy) is 1. The van der Waals surface area contributed by atoms with E-state index in [1.165, 1.54) is 0 Å². The van der Waals surface area contributed by atoms with Crippen LogP contribution in [0.1, 0.15) is 36.8 Å². The molecule has 20 heavy (non-hydrogen) atoms. The number of pyridine rings is 1. The summed E-state index contributed by atoms with van der Waals surface area (Å²) >= 11 is 0. The molecule has 2 rings (SSSR count). The van der Waals surface area contributed by atoms with Crippen molar-refractivity contribution in [2.45, 2.75) is 33.2 Å². The number of aromatic nitrogens is 1. The van der Waals surface area contributed by atoms with E-state index in [0.717, 1.165) is 18.1 Å². The number of anilines is 1. The SMILES string of the molecule is CCNc1cc(C(=O)N2CCOCC2(C)C)cc(C)n1. The molecule has 1 aromatic heterocycles. The van der Waals surface area contributed by atoms with E-state index in [9.17, 15) is 4.79 Å². The summed E-state index contributed by atoms with van der Waals surface area (Å²) in [7, 11) is 0. The van der Waals surface area contributed by atoms with Gasteiger partial charge in [0.2, 0.25) is 0 Å². The lowest BCUT2D eigenvalue weighted by Crippen LogP contribution is -2.55. The van der Waals surface area contributed by atoms with E-state index in [0.29, 0.717) is 25.3 Å². The Morgan fingerprint density at radius 1 is 1.50 bits per heavy atom. The van der Waals surface area contributed by atoms with E-state index in [1.54, 1.807) is 0 Å². The number of amides is 1. The van der Waals surface area contributed by atoms with Crippen molar-refractivity contribution < 1.29 is 9.53 Å². The maximum Gasteiger partial charge on any atom is 0.254 e. The molecule has 110 valence electrons. The van der Waals surface area contributed by atoms with E-state index < -0.39 is 0 Å². The zero-order valence-electron chi connectivity index (χ0n) is 12.7. The third-order valence-electron chi connectivity index (χ3n) is 3.45. The molecule has 2 heterocycles. The van der Waals surface area contributed by atoms with Crippen molar-refractivity contribution in [2.24, 2.45) is 0 Å². The number of rotatable bonds is 3. The summed E-state index contributed by atoms with van der Waals surface area (Å²) in [6.45, 7) is 10.6. The normalized spacial score (nSPS) is 17.9. The largest absolute Gasteiger partial charge is 0.377 e. The number of hydrogen-bond donors (Lipinski definition) is 1. The van der Waals surface area contributed by atoms with Crippen LogP contribution >= 0.6 is 0 Å². The van der Waals surface area contributed by atoms with Gasteiger partial charge in [0, 0.05) is 24.3 Å². The molecule has 0 aromatic carbocycles. The molecule has 5 nitrogen and oxygen atoms in total. The molecule has 0 radical (unpaired) electrons. The van der Waals surface area contributed by atoms with Crippen LogP contribution < -0.4 is 5.32 Å². The number of carbonyl (C=O) groups is 1. The van der Waals surface area contributed by atoms with Crippen LogP contribution in [0, 0.1) is 6.92 Å². The Balaban J connectivity index is 2.28. The minimum absolute atomic E-state index is 0.0444. The van der Waals surface area contributed by atoms with E-state index >= 15 is 0 Å². The van der Waals surface area contributed by atoms with Crippen LogP contribution in [-0.2, 0) is 4.74 Å². The number of morpholine rings is 1. The first-order chi connectivity index (χ1) is 9.44. The zero-order valence-corrected chi connectivity index (χ0v) is 12.7. The first kappa shape index (κ1) is 14.8. The highest BCUT2D eigenvalue weighted by Crippen LogP contribution is 2.22. The van der Waals surface area contributed by atoms with Crippen molar-refractivity contribution in [3.05, 3.63) is 23.4 Å². The van der Waals surface area contributed by atoms with E-state index in [4.69, 9.17) is 4.74 Å². The van der Waals surface area contributed by atoms with Crippen molar-refractivity contribution in [1.29, 1.82) is 0 Å². The van der Waals surface area contributed by atoms with Crippen molar-refractivity contribution in [3.63, 3.8) is 0 Å². The summed E-state index contributed by atoms with van der Waals surface area (Å²) in [6.07, 6.45) is 0. The van der Waals surface area contributed by atoms with Gasteiger partial charge in [-0.15, -0.1) is 0 Å². The summed E-state index contributed by atoms with van der Waals surface area (Å²) in [6, 6.07) is 3.67. The van der Waals surface area contributed by atoms with Gasteiger partial charge in [-0.25, -0.2) is 4.98 Å². The first-order valence-electron chi connectivity index (χ1n) is 7.06. The minimum atomic E-state index is -0.273. The van der Waals surface area contributed by atoms with Crippen LogP contribution in [0.3, 0.4) is 0 Å². The average Bonchev–Trinajstić information content (AvgIpc) is 2.37. The molecule has 1 fully saturated rings. The molecule has 5 heteroatoms. The summed E-state index contributed by atoms with van der Waals surface area (Å²) in [5, 5.41) is 3.16. The molecule has 1 amide bonds. The average molecular weight is 277 g/mol. The molecular weight excluding hydrogens is 254 g/mol. The molecule has 1 aliphatic heterocycles. The fourth-order valence-corrected chi connectivity index (χ4v) is 2.45. The van der Waals surface area contributed by atoms with E-state index in [-0.39, 0.29) is 11.4 Å². The number of nitrogens with one attached hydrogen (secondary N) is 1. The Bertz CT molecular complexity index is 500. The fraction of sp³-hybridized carbons (Fsp3) is 0.600. The number of carbonyl (C=O) groups excluding carboxylic acids is 1. The van der Waals surface area contributed by atoms with Gasteiger partial charge in [0.15, 0.2) is 0 Å². The van der Waals surface area contributed by atoms with Crippen LogP contribution in [0.4, 0.5) is 5.82 Å². The molecule has 0 aliphatic carbocycles. The molecular formula is C15H23N3O2. The lowest BCUT2D eigenvalue weighted by molar-refractivity contribution is -0.0370. The zero-order chi connectivity index (χ0) is 14.8. The standard InChI is InChI=1S/C15H23N3O2/c1-5-16-13-9-12(8-11(2)17-13)14(19)18-6-7-20-10-15(18,3)4/h8-9H,5-7,10H2,1-4H3,(H,16,17). The summed E-state index contributed by atoms with van der Waals surface area (Å²) < 4.78 is 5.47. The monoisotopic (exact) mass is 277 g/mol. The van der Waals surface area contributed by atoms with Gasteiger partial charge in [-0.1, -0.05) is 0 Å². The molecule has 0 spiro atoms. The van der Waals surface area contributed by atoms with Gasteiger partial charge in [0.1, 0.15) is 5.82 Å². The highest BCUT2D eigenvalue weighted by molar-refractivity contribution is 5.95. The smallest absolute Gasteiger partial charge is 0.254 e. The second-order valence-corrected chi connectivity index (χ2v) is 5.73. The number of aryl methyl sites for hydroxylation is 1. The Hall–Kier alpha value is -1.62. The molecule has 0 saturated carbocycles. The Morgan fingerprint density at radius 2 is 2.25 bits per heavy atom. The quantitative estimate of drug-likeness (QED) is 0.919. The minimum Gasteiger partial charge on any atom is -0.377 e. The summed E-state index contributed by atoms with van der Waals surface area (Å²) in [5.74, 6) is 0.796. The first-order valence-corrected chi connectivity index (χ1v) is 7.06. The number of hydrogen-bond acceptors (Lipinski definition) is 4. The summed E-state index contributed by atoms with van der Waals surface area (Å²) in [4.78, 5) is 19.0. The van der Waals surface area contributed by atoms with Gasteiger partial charge in [0.25, 0.3) is 5.91 Å². The van der Waals surface area contributed by atoms with Crippen molar-refractivity contribution in [1.82, 2.24) is 9.88 Å². The van der Waals surface area contributed by atoms with Gasteiger partial charge in [-0.3, -0.25) is 4.79 Å². The van der Waals surface area contributed by atoms with Crippen molar-refractivity contribution >= 4 is 11.7 Å². The molecule has 1 N–H and O–H groups in total. The topological polar surface area (TPSA) is 54.5 Å². The van der Waals surface area contributed by atoms with Crippen LogP contribution in [0.15, 0.2) is 12.1 Å². The van der Waals surface area contributed by atoms with E-state index in [1.807, 2.05) is 44.7 Å². The Kier molecular flexibility index (Phi) is 4.28. The fourth-order valence-electron chi connectivity index (χ4n) is 2.45. The highest BCUT2D eigenvalue weighted by Gasteiger charge is 2.34. The maximum absolute atomic E-state index is 12.7.